The zero-order valence-corrected chi connectivity index (χ0v) is 13.0. The first-order valence-corrected chi connectivity index (χ1v) is 7.78. The van der Waals surface area contributed by atoms with Gasteiger partial charge in [0.1, 0.15) is 5.01 Å². The van der Waals surface area contributed by atoms with E-state index in [-0.39, 0.29) is 18.7 Å². The Hall–Kier alpha value is -2.58. The van der Waals surface area contributed by atoms with E-state index in [0.29, 0.717) is 16.6 Å². The van der Waals surface area contributed by atoms with Crippen LogP contribution in [0.3, 0.4) is 0 Å². The molecule has 2 aromatic rings. The number of benzene rings is 1. The number of nitrogens with zero attached hydrogens (tertiary/aromatic N) is 2. The van der Waals surface area contributed by atoms with Crippen molar-refractivity contribution in [3.63, 3.8) is 0 Å². The van der Waals surface area contributed by atoms with Gasteiger partial charge < -0.3 is 5.32 Å². The lowest BCUT2D eigenvalue weighted by atomic mass is 10.2. The van der Waals surface area contributed by atoms with Crippen LogP contribution in [0.15, 0.2) is 30.3 Å². The van der Waals surface area contributed by atoms with Crippen LogP contribution >= 0.6 is 11.3 Å². The molecule has 0 atom stereocenters. The van der Waals surface area contributed by atoms with E-state index in [9.17, 15) is 9.59 Å². The Balaban J connectivity index is 1.81. The Labute approximate surface area is 137 Å². The molecule has 0 spiro atoms. The lowest BCUT2D eigenvalue weighted by Gasteiger charge is -2.00. The van der Waals surface area contributed by atoms with Crippen molar-refractivity contribution in [2.24, 2.45) is 0 Å². The Morgan fingerprint density at radius 3 is 2.57 bits per heavy atom. The van der Waals surface area contributed by atoms with Crippen molar-refractivity contribution >= 4 is 40.4 Å². The van der Waals surface area contributed by atoms with Crippen molar-refractivity contribution in [1.29, 1.82) is 0 Å². The van der Waals surface area contributed by atoms with Crippen LogP contribution in [0.4, 0.5) is 5.13 Å². The zero-order chi connectivity index (χ0) is 16.5. The number of anilines is 1. The van der Waals surface area contributed by atoms with Crippen LogP contribution in [-0.4, -0.2) is 27.2 Å². The Kier molecular flexibility index (Phi) is 6.40. The molecule has 23 heavy (non-hydrogen) atoms. The summed E-state index contributed by atoms with van der Waals surface area (Å²) in [6.45, 7) is 0. The molecule has 0 saturated carbocycles. The quantitative estimate of drug-likeness (QED) is 0.533. The molecular weight excluding hydrogens is 316 g/mol. The Morgan fingerprint density at radius 1 is 1.09 bits per heavy atom. The first-order valence-electron chi connectivity index (χ1n) is 6.97. The lowest BCUT2D eigenvalue weighted by molar-refractivity contribution is -0.129. The highest BCUT2D eigenvalue weighted by atomic mass is 32.1. The summed E-state index contributed by atoms with van der Waals surface area (Å²) in [7, 11) is 0. The minimum atomic E-state index is -0.512. The smallest absolute Gasteiger partial charge is 0.243 e. The maximum atomic E-state index is 11.7. The standard InChI is InChI=1S/C15H16N4O3S/c20-12(7-4-8-13(21)19-22)16-15-18-17-14(23-15)10-9-11-5-2-1-3-6-11/h1-3,5-6,9-10,22H,4,7-8H2,(H,19,21)(H,16,18,20)/b10-9+. The van der Waals surface area contributed by atoms with E-state index in [1.165, 1.54) is 16.8 Å². The van der Waals surface area contributed by atoms with Crippen LogP contribution in [0.2, 0.25) is 0 Å². The van der Waals surface area contributed by atoms with Gasteiger partial charge in [0.25, 0.3) is 0 Å². The fourth-order valence-corrected chi connectivity index (χ4v) is 2.39. The molecule has 0 radical (unpaired) electrons. The van der Waals surface area contributed by atoms with Crippen molar-refractivity contribution in [3.05, 3.63) is 40.9 Å². The fraction of sp³-hybridized carbons (Fsp3) is 0.200. The normalized spacial score (nSPS) is 10.7. The molecule has 2 amide bonds. The molecule has 1 aromatic carbocycles. The molecule has 0 aliphatic carbocycles. The van der Waals surface area contributed by atoms with Crippen LogP contribution < -0.4 is 10.8 Å². The van der Waals surface area contributed by atoms with Crippen LogP contribution in [0.25, 0.3) is 12.2 Å². The molecule has 0 fully saturated rings. The third-order valence-electron chi connectivity index (χ3n) is 2.84. The third kappa shape index (κ3) is 5.97. The van der Waals surface area contributed by atoms with E-state index in [0.717, 1.165) is 5.56 Å². The van der Waals surface area contributed by atoms with Crippen LogP contribution in [0.1, 0.15) is 29.8 Å². The molecule has 1 heterocycles. The van der Waals surface area contributed by atoms with Gasteiger partial charge in [0.05, 0.1) is 0 Å². The summed E-state index contributed by atoms with van der Waals surface area (Å²) < 4.78 is 0. The van der Waals surface area contributed by atoms with Crippen molar-refractivity contribution in [2.75, 3.05) is 5.32 Å². The summed E-state index contributed by atoms with van der Waals surface area (Å²) in [6, 6.07) is 9.79. The molecule has 120 valence electrons. The SMILES string of the molecule is O=C(CCCC(=O)Nc1nnc(/C=C/c2ccccc2)s1)NO. The number of aromatic nitrogens is 2. The second kappa shape index (κ2) is 8.76. The molecule has 2 rings (SSSR count). The van der Waals surface area contributed by atoms with Gasteiger partial charge in [-0.05, 0) is 18.1 Å². The monoisotopic (exact) mass is 332 g/mol. The maximum Gasteiger partial charge on any atom is 0.243 e. The van der Waals surface area contributed by atoms with Crippen molar-refractivity contribution in [1.82, 2.24) is 15.7 Å². The molecule has 1 aromatic heterocycles. The van der Waals surface area contributed by atoms with E-state index in [4.69, 9.17) is 5.21 Å². The van der Waals surface area contributed by atoms with Crippen LogP contribution in [-0.2, 0) is 9.59 Å². The van der Waals surface area contributed by atoms with Crippen LogP contribution in [0.5, 0.6) is 0 Å². The molecule has 0 saturated heterocycles. The van der Waals surface area contributed by atoms with Gasteiger partial charge in [-0.25, -0.2) is 5.48 Å². The number of hydroxylamine groups is 1. The van der Waals surface area contributed by atoms with E-state index < -0.39 is 5.91 Å². The third-order valence-corrected chi connectivity index (χ3v) is 3.64. The number of rotatable bonds is 7. The van der Waals surface area contributed by atoms with Crippen molar-refractivity contribution in [2.45, 2.75) is 19.3 Å². The predicted molar refractivity (Wildman–Crippen MR) is 87.7 cm³/mol. The molecule has 0 bridgehead atoms. The van der Waals surface area contributed by atoms with Gasteiger partial charge in [0.2, 0.25) is 16.9 Å². The molecular formula is C15H16N4O3S. The molecule has 7 nitrogen and oxygen atoms in total. The number of hydrogen-bond donors (Lipinski definition) is 3. The highest BCUT2D eigenvalue weighted by Gasteiger charge is 2.08. The highest BCUT2D eigenvalue weighted by Crippen LogP contribution is 2.18. The van der Waals surface area contributed by atoms with E-state index >= 15 is 0 Å². The Morgan fingerprint density at radius 2 is 1.83 bits per heavy atom. The largest absolute Gasteiger partial charge is 0.301 e. The summed E-state index contributed by atoms with van der Waals surface area (Å²) >= 11 is 1.26. The first kappa shape index (κ1) is 16.8. The van der Waals surface area contributed by atoms with Gasteiger partial charge in [-0.1, -0.05) is 47.7 Å². The number of nitrogens with one attached hydrogen (secondary N) is 2. The molecule has 8 heteroatoms. The fourth-order valence-electron chi connectivity index (χ4n) is 1.73. The molecule has 0 aliphatic heterocycles. The van der Waals surface area contributed by atoms with Crippen LogP contribution in [0, 0.1) is 0 Å². The molecule has 0 unspecified atom stereocenters. The van der Waals surface area contributed by atoms with E-state index in [1.807, 2.05) is 42.5 Å². The number of amides is 2. The summed E-state index contributed by atoms with van der Waals surface area (Å²) in [5.41, 5.74) is 2.57. The van der Waals surface area contributed by atoms with Gasteiger partial charge in [0, 0.05) is 12.8 Å². The second-order valence-corrected chi connectivity index (χ2v) is 5.64. The summed E-state index contributed by atoms with van der Waals surface area (Å²) in [5, 5.41) is 19.9. The van der Waals surface area contributed by atoms with E-state index in [2.05, 4.69) is 15.5 Å². The second-order valence-electron chi connectivity index (χ2n) is 4.63. The molecule has 0 aliphatic rings. The minimum Gasteiger partial charge on any atom is -0.301 e. The van der Waals surface area contributed by atoms with Crippen molar-refractivity contribution < 1.29 is 14.8 Å². The van der Waals surface area contributed by atoms with Crippen molar-refractivity contribution in [3.8, 4) is 0 Å². The minimum absolute atomic E-state index is 0.0884. The summed E-state index contributed by atoms with van der Waals surface area (Å²) in [6.07, 6.45) is 4.35. The number of carbonyl (C=O) groups is 2. The summed E-state index contributed by atoms with van der Waals surface area (Å²) in [4.78, 5) is 22.5. The van der Waals surface area contributed by atoms with Gasteiger partial charge in [0.15, 0.2) is 0 Å². The predicted octanol–water partition coefficient (Wildman–Crippen LogP) is 2.32. The van der Waals surface area contributed by atoms with E-state index in [1.54, 1.807) is 0 Å². The maximum absolute atomic E-state index is 11.7. The number of hydrogen-bond acceptors (Lipinski definition) is 6. The Bertz CT molecular complexity index is 685. The summed E-state index contributed by atoms with van der Waals surface area (Å²) in [5.74, 6) is -0.757. The van der Waals surface area contributed by atoms with Gasteiger partial charge in [-0.15, -0.1) is 10.2 Å². The molecule has 3 N–H and O–H groups in total. The first-order chi connectivity index (χ1) is 11.2. The van der Waals surface area contributed by atoms with Gasteiger partial charge >= 0.3 is 0 Å². The average Bonchev–Trinajstić information content (AvgIpc) is 3.01. The van der Waals surface area contributed by atoms with Gasteiger partial charge in [-0.3, -0.25) is 14.8 Å². The number of carbonyl (C=O) groups excluding carboxylic acids is 2. The zero-order valence-electron chi connectivity index (χ0n) is 12.2. The topological polar surface area (TPSA) is 104 Å². The van der Waals surface area contributed by atoms with Gasteiger partial charge in [-0.2, -0.15) is 0 Å². The average molecular weight is 332 g/mol. The lowest BCUT2D eigenvalue weighted by Crippen LogP contribution is -2.19. The highest BCUT2D eigenvalue weighted by molar-refractivity contribution is 7.16.